The fourth-order valence-electron chi connectivity index (χ4n) is 1.50. The minimum Gasteiger partial charge on any atom is -0.310 e. The monoisotopic (exact) mass is 226 g/mol. The van der Waals surface area contributed by atoms with Gasteiger partial charge in [-0.3, -0.25) is 14.8 Å². The Morgan fingerprint density at radius 3 is 3.13 bits per heavy atom. The van der Waals surface area contributed by atoms with Gasteiger partial charge in [0.25, 0.3) is 0 Å². The van der Waals surface area contributed by atoms with Crippen molar-refractivity contribution in [3.63, 3.8) is 0 Å². The van der Waals surface area contributed by atoms with Gasteiger partial charge in [-0.15, -0.1) is 11.8 Å². The zero-order valence-corrected chi connectivity index (χ0v) is 9.60. The lowest BCUT2D eigenvalue weighted by Gasteiger charge is -2.09. The molecule has 6 heteroatoms. The Labute approximate surface area is 92.6 Å². The van der Waals surface area contributed by atoms with E-state index in [9.17, 15) is 4.79 Å². The number of thioether (sulfide) groups is 1. The summed E-state index contributed by atoms with van der Waals surface area (Å²) in [5.41, 5.74) is 0.904. The summed E-state index contributed by atoms with van der Waals surface area (Å²) in [6.45, 7) is 1.90. The molecular formula is C9H14N4OS. The summed E-state index contributed by atoms with van der Waals surface area (Å²) in [6.07, 6.45) is 0. The van der Waals surface area contributed by atoms with Crippen LogP contribution >= 0.6 is 11.8 Å². The first-order valence-corrected chi connectivity index (χ1v) is 5.95. The molecule has 1 saturated heterocycles. The van der Waals surface area contributed by atoms with E-state index in [0.29, 0.717) is 0 Å². The predicted octanol–water partition coefficient (Wildman–Crippen LogP) is 0.330. The first kappa shape index (κ1) is 10.5. The maximum Gasteiger partial charge on any atom is 0.243 e. The average Bonchev–Trinajstić information content (AvgIpc) is 2.76. The maximum absolute atomic E-state index is 11.7. The van der Waals surface area contributed by atoms with Crippen molar-refractivity contribution in [3.8, 4) is 0 Å². The predicted molar refractivity (Wildman–Crippen MR) is 60.8 cm³/mol. The molecule has 1 aliphatic heterocycles. The summed E-state index contributed by atoms with van der Waals surface area (Å²) in [5, 5.41) is 10.1. The smallest absolute Gasteiger partial charge is 0.243 e. The van der Waals surface area contributed by atoms with Crippen LogP contribution in [0.25, 0.3) is 0 Å². The van der Waals surface area contributed by atoms with Crippen LogP contribution in [-0.4, -0.2) is 33.4 Å². The highest BCUT2D eigenvalue weighted by Crippen LogP contribution is 2.13. The molecule has 1 amide bonds. The highest BCUT2D eigenvalue weighted by molar-refractivity contribution is 7.99. The van der Waals surface area contributed by atoms with Gasteiger partial charge in [-0.1, -0.05) is 0 Å². The summed E-state index contributed by atoms with van der Waals surface area (Å²) in [5.74, 6) is 2.45. The van der Waals surface area contributed by atoms with E-state index in [4.69, 9.17) is 0 Å². The van der Waals surface area contributed by atoms with Crippen LogP contribution < -0.4 is 10.6 Å². The van der Waals surface area contributed by atoms with Crippen molar-refractivity contribution < 1.29 is 4.79 Å². The second-order valence-corrected chi connectivity index (χ2v) is 4.59. The van der Waals surface area contributed by atoms with E-state index in [1.54, 1.807) is 16.4 Å². The number of anilines is 1. The number of nitrogens with zero attached hydrogens (tertiary/aromatic N) is 2. The molecule has 2 heterocycles. The maximum atomic E-state index is 11.7. The fourth-order valence-corrected chi connectivity index (χ4v) is 2.45. The van der Waals surface area contributed by atoms with Crippen LogP contribution in [-0.2, 0) is 11.8 Å². The Bertz CT molecular complexity index is 370. The normalized spacial score (nSPS) is 20.5. The summed E-state index contributed by atoms with van der Waals surface area (Å²) in [7, 11) is 1.82. The molecule has 5 nitrogen and oxygen atoms in total. The summed E-state index contributed by atoms with van der Waals surface area (Å²) in [4.78, 5) is 11.7. The van der Waals surface area contributed by atoms with Crippen molar-refractivity contribution in [1.82, 2.24) is 15.1 Å². The molecule has 2 rings (SSSR count). The molecule has 1 aliphatic rings. The van der Waals surface area contributed by atoms with Gasteiger partial charge in [-0.25, -0.2) is 0 Å². The standard InChI is InChI=1S/C9H14N4OS/c1-6-3-8(13(2)12-6)11-9(14)7-4-15-5-10-7/h3,7,10H,4-5H2,1-2H3,(H,11,14). The van der Waals surface area contributed by atoms with Gasteiger partial charge < -0.3 is 5.32 Å². The van der Waals surface area contributed by atoms with Crippen molar-refractivity contribution >= 4 is 23.5 Å². The molecule has 82 valence electrons. The minimum atomic E-state index is -0.0785. The number of hydrogen-bond acceptors (Lipinski definition) is 4. The summed E-state index contributed by atoms with van der Waals surface area (Å²) in [6, 6.07) is 1.78. The van der Waals surface area contributed by atoms with E-state index in [1.807, 2.05) is 20.0 Å². The first-order chi connectivity index (χ1) is 7.16. The third kappa shape index (κ3) is 2.32. The number of hydrogen-bond donors (Lipinski definition) is 2. The van der Waals surface area contributed by atoms with Gasteiger partial charge in [0.1, 0.15) is 5.82 Å². The van der Waals surface area contributed by atoms with E-state index in [1.165, 1.54) is 0 Å². The molecule has 0 spiro atoms. The lowest BCUT2D eigenvalue weighted by molar-refractivity contribution is -0.117. The van der Waals surface area contributed by atoms with Crippen LogP contribution in [0.15, 0.2) is 6.07 Å². The molecule has 1 unspecified atom stereocenters. The van der Waals surface area contributed by atoms with Crippen LogP contribution in [0.1, 0.15) is 5.69 Å². The number of nitrogens with one attached hydrogen (secondary N) is 2. The lowest BCUT2D eigenvalue weighted by Crippen LogP contribution is -2.37. The van der Waals surface area contributed by atoms with Gasteiger partial charge in [0.2, 0.25) is 5.91 Å². The molecule has 2 N–H and O–H groups in total. The number of amides is 1. The molecule has 1 aromatic rings. The number of aryl methyl sites for hydroxylation is 2. The number of rotatable bonds is 2. The van der Waals surface area contributed by atoms with E-state index < -0.39 is 0 Å². The van der Waals surface area contributed by atoms with Crippen molar-refractivity contribution in [1.29, 1.82) is 0 Å². The molecule has 0 aliphatic carbocycles. The third-order valence-electron chi connectivity index (χ3n) is 2.29. The first-order valence-electron chi connectivity index (χ1n) is 4.79. The van der Waals surface area contributed by atoms with Gasteiger partial charge in [0.05, 0.1) is 11.7 Å². The van der Waals surface area contributed by atoms with Gasteiger partial charge in [0, 0.05) is 24.7 Å². The Morgan fingerprint density at radius 2 is 2.60 bits per heavy atom. The SMILES string of the molecule is Cc1cc(NC(=O)C2CSCN2)n(C)n1. The molecular weight excluding hydrogens is 212 g/mol. The zero-order chi connectivity index (χ0) is 10.8. The van der Waals surface area contributed by atoms with Crippen LogP contribution in [0, 0.1) is 6.92 Å². The van der Waals surface area contributed by atoms with E-state index in [2.05, 4.69) is 15.7 Å². The van der Waals surface area contributed by atoms with E-state index >= 15 is 0 Å². The molecule has 0 bridgehead atoms. The topological polar surface area (TPSA) is 59.0 Å². The largest absolute Gasteiger partial charge is 0.310 e. The Morgan fingerprint density at radius 1 is 1.80 bits per heavy atom. The van der Waals surface area contributed by atoms with Crippen molar-refractivity contribution in [2.75, 3.05) is 16.9 Å². The highest BCUT2D eigenvalue weighted by Gasteiger charge is 2.23. The second kappa shape index (κ2) is 4.24. The molecule has 15 heavy (non-hydrogen) atoms. The van der Waals surface area contributed by atoms with Gasteiger partial charge in [-0.05, 0) is 6.92 Å². The number of carbonyl (C=O) groups is 1. The molecule has 0 aromatic carbocycles. The fraction of sp³-hybridized carbons (Fsp3) is 0.556. The Kier molecular flexibility index (Phi) is 2.97. The molecule has 1 aromatic heterocycles. The van der Waals surface area contributed by atoms with Gasteiger partial charge in [0.15, 0.2) is 0 Å². The quantitative estimate of drug-likeness (QED) is 0.763. The highest BCUT2D eigenvalue weighted by atomic mass is 32.2. The summed E-state index contributed by atoms with van der Waals surface area (Å²) < 4.78 is 1.68. The van der Waals surface area contributed by atoms with Crippen molar-refractivity contribution in [2.45, 2.75) is 13.0 Å². The van der Waals surface area contributed by atoms with E-state index in [0.717, 1.165) is 23.1 Å². The Balaban J connectivity index is 2.01. The third-order valence-corrected chi connectivity index (χ3v) is 3.23. The van der Waals surface area contributed by atoms with Crippen LogP contribution in [0.3, 0.4) is 0 Å². The molecule has 1 atom stereocenters. The van der Waals surface area contributed by atoms with Crippen LogP contribution in [0.2, 0.25) is 0 Å². The van der Waals surface area contributed by atoms with Gasteiger partial charge in [-0.2, -0.15) is 5.10 Å². The minimum absolute atomic E-state index is 0.0167. The molecule has 0 radical (unpaired) electrons. The number of carbonyl (C=O) groups excluding carboxylic acids is 1. The van der Waals surface area contributed by atoms with Crippen LogP contribution in [0.5, 0.6) is 0 Å². The van der Waals surface area contributed by atoms with Crippen molar-refractivity contribution in [3.05, 3.63) is 11.8 Å². The molecule has 1 fully saturated rings. The average molecular weight is 226 g/mol. The Hall–Kier alpha value is -1.01. The molecule has 0 saturated carbocycles. The van der Waals surface area contributed by atoms with E-state index in [-0.39, 0.29) is 11.9 Å². The van der Waals surface area contributed by atoms with Crippen LogP contribution in [0.4, 0.5) is 5.82 Å². The van der Waals surface area contributed by atoms with Crippen molar-refractivity contribution in [2.24, 2.45) is 7.05 Å². The zero-order valence-electron chi connectivity index (χ0n) is 8.78. The second-order valence-electron chi connectivity index (χ2n) is 3.56. The summed E-state index contributed by atoms with van der Waals surface area (Å²) >= 11 is 1.74. The van der Waals surface area contributed by atoms with Gasteiger partial charge >= 0.3 is 0 Å². The number of aromatic nitrogens is 2. The lowest BCUT2D eigenvalue weighted by atomic mass is 10.3.